The molecule has 0 saturated heterocycles. The fourth-order valence-corrected chi connectivity index (χ4v) is 4.23. The Morgan fingerprint density at radius 2 is 1.89 bits per heavy atom. The van der Waals surface area contributed by atoms with Crippen LogP contribution in [0.2, 0.25) is 0 Å². The summed E-state index contributed by atoms with van der Waals surface area (Å²) in [5.41, 5.74) is 4.47. The Kier molecular flexibility index (Phi) is 6.52. The molecule has 4 aromatic heterocycles. The summed E-state index contributed by atoms with van der Waals surface area (Å²) in [5.74, 6) is 1.14. The first-order valence-corrected chi connectivity index (χ1v) is 12.1. The van der Waals surface area contributed by atoms with E-state index in [1.165, 1.54) is 6.33 Å². The number of hydrogen-bond acceptors (Lipinski definition) is 7. The van der Waals surface area contributed by atoms with Gasteiger partial charge in [0, 0.05) is 23.7 Å². The number of H-pyrrole nitrogens is 1. The molecule has 0 saturated carbocycles. The van der Waals surface area contributed by atoms with Crippen LogP contribution in [-0.2, 0) is 13.0 Å². The van der Waals surface area contributed by atoms with Gasteiger partial charge in [-0.05, 0) is 59.5 Å². The van der Waals surface area contributed by atoms with Crippen molar-refractivity contribution in [2.75, 3.05) is 0 Å². The number of tetrazole rings is 1. The van der Waals surface area contributed by atoms with Crippen molar-refractivity contribution < 1.29 is 0 Å². The van der Waals surface area contributed by atoms with Crippen LogP contribution in [0.5, 0.6) is 0 Å². The van der Waals surface area contributed by atoms with Crippen LogP contribution in [0, 0.1) is 0 Å². The van der Waals surface area contributed by atoms with E-state index in [0.717, 1.165) is 47.3 Å². The van der Waals surface area contributed by atoms with E-state index in [-0.39, 0.29) is 11.7 Å². The van der Waals surface area contributed by atoms with Gasteiger partial charge in [-0.15, -0.1) is 5.10 Å². The van der Waals surface area contributed by atoms with Gasteiger partial charge in [0.2, 0.25) is 5.95 Å². The van der Waals surface area contributed by atoms with Crippen molar-refractivity contribution in [2.24, 2.45) is 0 Å². The molecule has 1 atom stereocenters. The van der Waals surface area contributed by atoms with E-state index in [2.05, 4.69) is 56.5 Å². The quantitative estimate of drug-likeness (QED) is 0.340. The summed E-state index contributed by atoms with van der Waals surface area (Å²) in [5, 5.41) is 18.5. The minimum Gasteiger partial charge on any atom is -0.290 e. The molecule has 0 radical (unpaired) electrons. The Morgan fingerprint density at radius 3 is 2.67 bits per heavy atom. The van der Waals surface area contributed by atoms with E-state index in [1.807, 2.05) is 42.6 Å². The van der Waals surface area contributed by atoms with Crippen molar-refractivity contribution in [3.05, 3.63) is 77.0 Å². The van der Waals surface area contributed by atoms with Gasteiger partial charge in [0.05, 0.1) is 18.3 Å². The predicted octanol–water partition coefficient (Wildman–Crippen LogP) is 3.44. The molecule has 5 aromatic rings. The summed E-state index contributed by atoms with van der Waals surface area (Å²) < 4.78 is 5.18. The molecular formula is C25H28N10O. The second-order valence-corrected chi connectivity index (χ2v) is 8.74. The maximum atomic E-state index is 13.6. The van der Waals surface area contributed by atoms with Crippen LogP contribution in [0.1, 0.15) is 51.0 Å². The Morgan fingerprint density at radius 1 is 1.06 bits per heavy atom. The van der Waals surface area contributed by atoms with Crippen molar-refractivity contribution in [2.45, 2.75) is 52.6 Å². The first-order valence-electron chi connectivity index (χ1n) is 12.1. The number of aromatic nitrogens is 10. The topological polar surface area (TPSA) is 125 Å². The molecule has 5 rings (SSSR count). The van der Waals surface area contributed by atoms with Gasteiger partial charge < -0.3 is 0 Å². The molecule has 1 aromatic carbocycles. The normalized spacial score (nSPS) is 12.2. The van der Waals surface area contributed by atoms with Crippen molar-refractivity contribution in [3.63, 3.8) is 0 Å². The van der Waals surface area contributed by atoms with Crippen LogP contribution in [0.3, 0.4) is 0 Å². The van der Waals surface area contributed by atoms with E-state index >= 15 is 0 Å². The largest absolute Gasteiger partial charge is 0.335 e. The molecule has 0 fully saturated rings. The third-order valence-corrected chi connectivity index (χ3v) is 6.30. The Bertz CT molecular complexity index is 1510. The van der Waals surface area contributed by atoms with E-state index in [4.69, 9.17) is 0 Å². The predicted molar refractivity (Wildman–Crippen MR) is 135 cm³/mol. The molecule has 0 spiro atoms. The van der Waals surface area contributed by atoms with Gasteiger partial charge in [-0.1, -0.05) is 38.5 Å². The lowest BCUT2D eigenvalue weighted by molar-refractivity contribution is 0.466. The van der Waals surface area contributed by atoms with Crippen LogP contribution in [0.25, 0.3) is 28.5 Å². The molecule has 36 heavy (non-hydrogen) atoms. The van der Waals surface area contributed by atoms with Gasteiger partial charge in [0.15, 0.2) is 5.82 Å². The van der Waals surface area contributed by atoms with Gasteiger partial charge >= 0.3 is 5.69 Å². The molecule has 1 unspecified atom stereocenters. The highest BCUT2D eigenvalue weighted by Gasteiger charge is 2.19. The molecule has 1 N–H and O–H groups in total. The van der Waals surface area contributed by atoms with E-state index < -0.39 is 0 Å². The van der Waals surface area contributed by atoms with Crippen molar-refractivity contribution in [1.82, 2.24) is 49.5 Å². The Labute approximate surface area is 207 Å². The third-order valence-electron chi connectivity index (χ3n) is 6.30. The summed E-state index contributed by atoms with van der Waals surface area (Å²) >= 11 is 0. The number of pyridine rings is 1. The molecule has 11 heteroatoms. The number of aromatic amines is 1. The number of imidazole rings is 1. The highest BCUT2D eigenvalue weighted by Crippen LogP contribution is 2.25. The monoisotopic (exact) mass is 484 g/mol. The summed E-state index contributed by atoms with van der Waals surface area (Å²) in [6.45, 7) is 6.61. The minimum absolute atomic E-state index is 0.134. The number of aryl methyl sites for hydroxylation is 1. The van der Waals surface area contributed by atoms with Crippen molar-refractivity contribution >= 4 is 0 Å². The standard InChI is InChI=1S/C25H28N10O/c1-4-7-22-15-34(24-27-16-28-35(24)17(3)5-2)25(36)33(22)14-21-13-19(10-11-26-21)18-8-6-9-20(12-18)23-29-31-32-30-23/h6,8-13,15-17H,4-5,7,14H2,1-3H3,(H,29,30,31,32). The van der Waals surface area contributed by atoms with E-state index in [0.29, 0.717) is 18.3 Å². The third kappa shape index (κ3) is 4.47. The zero-order valence-electron chi connectivity index (χ0n) is 20.5. The summed E-state index contributed by atoms with van der Waals surface area (Å²) in [6, 6.07) is 12.1. The molecule has 11 nitrogen and oxygen atoms in total. The van der Waals surface area contributed by atoms with Gasteiger partial charge in [0.1, 0.15) is 6.33 Å². The zero-order chi connectivity index (χ0) is 25.1. The highest BCUT2D eigenvalue weighted by molar-refractivity contribution is 5.70. The SMILES string of the molecule is CCCc1cn(-c2ncnn2C(C)CC)c(=O)n1Cc1cc(-c2cccc(-c3nnn[nH]3)c2)ccn1. The second kappa shape index (κ2) is 10.1. The maximum absolute atomic E-state index is 13.6. The number of nitrogens with zero attached hydrogens (tertiary/aromatic N) is 9. The van der Waals surface area contributed by atoms with Crippen LogP contribution in [0.15, 0.2) is 59.9 Å². The fourth-order valence-electron chi connectivity index (χ4n) is 4.23. The molecule has 0 bridgehead atoms. The molecule has 4 heterocycles. The molecule has 0 aliphatic carbocycles. The van der Waals surface area contributed by atoms with Gasteiger partial charge in [0.25, 0.3) is 0 Å². The van der Waals surface area contributed by atoms with Crippen LogP contribution < -0.4 is 5.69 Å². The van der Waals surface area contributed by atoms with Gasteiger partial charge in [-0.25, -0.2) is 19.1 Å². The summed E-state index contributed by atoms with van der Waals surface area (Å²) in [6.07, 6.45) is 7.73. The molecule has 0 amide bonds. The summed E-state index contributed by atoms with van der Waals surface area (Å²) in [4.78, 5) is 22.5. The lowest BCUT2D eigenvalue weighted by atomic mass is 10.0. The molecule has 184 valence electrons. The van der Waals surface area contributed by atoms with Gasteiger partial charge in [-0.3, -0.25) is 9.55 Å². The number of benzene rings is 1. The minimum atomic E-state index is -0.150. The maximum Gasteiger partial charge on any atom is 0.335 e. The number of rotatable bonds is 9. The van der Waals surface area contributed by atoms with Crippen LogP contribution >= 0.6 is 0 Å². The van der Waals surface area contributed by atoms with E-state index in [1.54, 1.807) is 20.0 Å². The average molecular weight is 485 g/mol. The Balaban J connectivity index is 1.50. The van der Waals surface area contributed by atoms with Crippen LogP contribution in [-0.4, -0.2) is 49.5 Å². The second-order valence-electron chi connectivity index (χ2n) is 8.74. The number of nitrogens with one attached hydrogen (secondary N) is 1. The first kappa shape index (κ1) is 23.3. The van der Waals surface area contributed by atoms with E-state index in [9.17, 15) is 4.79 Å². The lowest BCUT2D eigenvalue weighted by Crippen LogP contribution is -2.27. The smallest absolute Gasteiger partial charge is 0.290 e. The fraction of sp³-hybridized carbons (Fsp3) is 0.320. The summed E-state index contributed by atoms with van der Waals surface area (Å²) in [7, 11) is 0. The first-order chi connectivity index (χ1) is 17.6. The van der Waals surface area contributed by atoms with Crippen molar-refractivity contribution in [1.29, 1.82) is 0 Å². The molecule has 0 aliphatic rings. The average Bonchev–Trinajstić information content (AvgIpc) is 3.67. The Hall–Kier alpha value is -4.41. The zero-order valence-corrected chi connectivity index (χ0v) is 20.5. The molecule has 0 aliphatic heterocycles. The van der Waals surface area contributed by atoms with Crippen molar-refractivity contribution in [3.8, 4) is 28.5 Å². The lowest BCUT2D eigenvalue weighted by Gasteiger charge is -2.11. The van der Waals surface area contributed by atoms with Gasteiger partial charge in [-0.2, -0.15) is 10.1 Å². The highest BCUT2D eigenvalue weighted by atomic mass is 16.2. The van der Waals surface area contributed by atoms with Crippen LogP contribution in [0.4, 0.5) is 0 Å². The molecular weight excluding hydrogens is 456 g/mol. The number of hydrogen-bond donors (Lipinski definition) is 1.